The summed E-state index contributed by atoms with van der Waals surface area (Å²) in [5, 5.41) is 12.5. The summed E-state index contributed by atoms with van der Waals surface area (Å²) < 4.78 is 1.08. The van der Waals surface area contributed by atoms with Crippen LogP contribution in [0.15, 0.2) is 6.07 Å². The maximum Gasteiger partial charge on any atom is 0.132 e. The highest BCUT2D eigenvalue weighted by atomic mass is 127. The molecule has 0 saturated carbocycles. The van der Waals surface area contributed by atoms with Gasteiger partial charge in [-0.1, -0.05) is 6.07 Å². The van der Waals surface area contributed by atoms with E-state index in [0.717, 1.165) is 15.6 Å². The predicted molar refractivity (Wildman–Crippen MR) is 77.2 cm³/mol. The first-order valence-electron chi connectivity index (χ1n) is 5.70. The Balaban J connectivity index is 0.000000386. The molecule has 0 bridgehead atoms. The quantitative estimate of drug-likeness (QED) is 0.716. The van der Waals surface area contributed by atoms with Gasteiger partial charge in [-0.3, -0.25) is 0 Å². The summed E-state index contributed by atoms with van der Waals surface area (Å²) in [7, 11) is 3.75. The normalized spacial score (nSPS) is 13.8. The number of fused-ring (bicyclic) bond motifs is 1. The first kappa shape index (κ1) is 13.8. The highest BCUT2D eigenvalue weighted by Crippen LogP contribution is 2.34. The lowest BCUT2D eigenvalue weighted by Gasteiger charge is -2.19. The minimum Gasteiger partial charge on any atom is -0.507 e. The van der Waals surface area contributed by atoms with Gasteiger partial charge in [-0.2, -0.15) is 0 Å². The van der Waals surface area contributed by atoms with Crippen LogP contribution >= 0.6 is 22.6 Å². The molecule has 1 aromatic carbocycles. The number of hydrogen-bond acceptors (Lipinski definition) is 2. The summed E-state index contributed by atoms with van der Waals surface area (Å²) in [4.78, 5) is 0. The molecule has 16 heavy (non-hydrogen) atoms. The molecule has 0 unspecified atom stereocenters. The maximum atomic E-state index is 9.75. The molecule has 0 aliphatic heterocycles. The summed E-state index contributed by atoms with van der Waals surface area (Å²) in [6, 6.07) is 2.14. The average molecular weight is 333 g/mol. The Hall–Kier alpha value is -0.290. The van der Waals surface area contributed by atoms with Gasteiger partial charge in [0.15, 0.2) is 0 Å². The van der Waals surface area contributed by atoms with E-state index in [-0.39, 0.29) is 0 Å². The average Bonchev–Trinajstić information content (AvgIpc) is 2.27. The van der Waals surface area contributed by atoms with Crippen molar-refractivity contribution in [2.24, 2.45) is 0 Å². The smallest absolute Gasteiger partial charge is 0.132 e. The molecule has 3 heteroatoms. The standard InChI is InChI=1S/C11H13IO.C2H7N/c1-7-6-8-4-2-3-5-9(8)10(12)11(7)13;1-3-2/h6,13H,2-5H2,1H3;3H,1-2H3. The molecular weight excluding hydrogens is 313 g/mol. The third kappa shape index (κ3) is 3.10. The Bertz CT molecular complexity index is 363. The lowest BCUT2D eigenvalue weighted by Crippen LogP contribution is -2.05. The Morgan fingerprint density at radius 3 is 2.44 bits per heavy atom. The number of phenols is 1. The zero-order valence-electron chi connectivity index (χ0n) is 10.2. The number of phenolic OH excluding ortho intramolecular Hbond substituents is 1. The molecule has 0 fully saturated rings. The molecule has 0 aromatic heterocycles. The molecule has 1 aliphatic rings. The zero-order valence-corrected chi connectivity index (χ0v) is 12.4. The Kier molecular flexibility index (Phi) is 5.55. The van der Waals surface area contributed by atoms with Crippen molar-refractivity contribution in [1.29, 1.82) is 0 Å². The Morgan fingerprint density at radius 1 is 1.25 bits per heavy atom. The van der Waals surface area contributed by atoms with E-state index in [1.54, 1.807) is 0 Å². The summed E-state index contributed by atoms with van der Waals surface area (Å²) in [6.45, 7) is 1.98. The second-order valence-corrected chi connectivity index (χ2v) is 5.28. The van der Waals surface area contributed by atoms with Gasteiger partial charge in [-0.05, 0) is 86.0 Å². The fourth-order valence-corrected chi connectivity index (χ4v) is 3.03. The number of benzene rings is 1. The van der Waals surface area contributed by atoms with Crippen LogP contribution in [0.2, 0.25) is 0 Å². The second-order valence-electron chi connectivity index (χ2n) is 4.20. The fourth-order valence-electron chi connectivity index (χ4n) is 1.98. The van der Waals surface area contributed by atoms with Crippen molar-refractivity contribution in [3.63, 3.8) is 0 Å². The Morgan fingerprint density at radius 2 is 1.81 bits per heavy atom. The summed E-state index contributed by atoms with van der Waals surface area (Å²) >= 11 is 2.26. The van der Waals surface area contributed by atoms with Gasteiger partial charge >= 0.3 is 0 Å². The number of aromatic hydroxyl groups is 1. The van der Waals surface area contributed by atoms with Crippen molar-refractivity contribution in [3.8, 4) is 5.75 Å². The first-order chi connectivity index (χ1) is 7.61. The zero-order chi connectivity index (χ0) is 12.1. The van der Waals surface area contributed by atoms with Crippen LogP contribution in [0.1, 0.15) is 29.5 Å². The number of nitrogens with one attached hydrogen (secondary N) is 1. The minimum atomic E-state index is 0.487. The molecule has 90 valence electrons. The molecule has 2 nitrogen and oxygen atoms in total. The molecule has 1 aliphatic carbocycles. The van der Waals surface area contributed by atoms with Gasteiger partial charge in [0.2, 0.25) is 0 Å². The molecule has 2 N–H and O–H groups in total. The second kappa shape index (κ2) is 6.45. The van der Waals surface area contributed by atoms with E-state index in [0.29, 0.717) is 5.75 Å². The summed E-state index contributed by atoms with van der Waals surface area (Å²) in [5.74, 6) is 0.487. The lowest BCUT2D eigenvalue weighted by atomic mass is 9.90. The van der Waals surface area contributed by atoms with Crippen LogP contribution in [0, 0.1) is 10.5 Å². The number of hydrogen-bond donors (Lipinski definition) is 2. The topological polar surface area (TPSA) is 32.3 Å². The highest BCUT2D eigenvalue weighted by molar-refractivity contribution is 14.1. The van der Waals surface area contributed by atoms with Crippen LogP contribution in [0.4, 0.5) is 0 Å². The third-order valence-corrected chi connectivity index (χ3v) is 3.91. The van der Waals surface area contributed by atoms with Crippen LogP contribution in [-0.2, 0) is 12.8 Å². The van der Waals surface area contributed by atoms with Gasteiger partial charge in [-0.15, -0.1) is 0 Å². The Labute approximate surface area is 112 Å². The summed E-state index contributed by atoms with van der Waals surface area (Å²) in [6.07, 6.45) is 4.90. The van der Waals surface area contributed by atoms with Crippen molar-refractivity contribution >= 4 is 22.6 Å². The number of rotatable bonds is 0. The molecule has 0 saturated heterocycles. The molecular formula is C13H20INO. The van der Waals surface area contributed by atoms with E-state index in [1.807, 2.05) is 21.0 Å². The van der Waals surface area contributed by atoms with E-state index in [4.69, 9.17) is 0 Å². The van der Waals surface area contributed by atoms with Crippen molar-refractivity contribution < 1.29 is 5.11 Å². The van der Waals surface area contributed by atoms with Crippen LogP contribution in [0.5, 0.6) is 5.75 Å². The number of halogens is 1. The molecule has 0 heterocycles. The molecule has 0 spiro atoms. The van der Waals surface area contributed by atoms with Gasteiger partial charge < -0.3 is 10.4 Å². The summed E-state index contributed by atoms with van der Waals surface area (Å²) in [5.41, 5.74) is 3.85. The minimum absolute atomic E-state index is 0.487. The van der Waals surface area contributed by atoms with Crippen molar-refractivity contribution in [2.75, 3.05) is 14.1 Å². The molecule has 0 radical (unpaired) electrons. The van der Waals surface area contributed by atoms with Gasteiger partial charge in [0.1, 0.15) is 5.75 Å². The van der Waals surface area contributed by atoms with E-state index >= 15 is 0 Å². The fraction of sp³-hybridized carbons (Fsp3) is 0.538. The van der Waals surface area contributed by atoms with Crippen LogP contribution in [0.25, 0.3) is 0 Å². The van der Waals surface area contributed by atoms with E-state index in [1.165, 1.54) is 30.4 Å². The molecule has 2 rings (SSSR count). The lowest BCUT2D eigenvalue weighted by molar-refractivity contribution is 0.464. The van der Waals surface area contributed by atoms with E-state index in [2.05, 4.69) is 34.0 Å². The van der Waals surface area contributed by atoms with Gasteiger partial charge in [-0.25, -0.2) is 0 Å². The SMILES string of the molecule is CNC.Cc1cc2c(c(I)c1O)CCCC2. The first-order valence-corrected chi connectivity index (χ1v) is 6.78. The largest absolute Gasteiger partial charge is 0.507 e. The van der Waals surface area contributed by atoms with Crippen LogP contribution < -0.4 is 5.32 Å². The van der Waals surface area contributed by atoms with Gasteiger partial charge in [0, 0.05) is 0 Å². The van der Waals surface area contributed by atoms with Crippen LogP contribution in [0.3, 0.4) is 0 Å². The van der Waals surface area contributed by atoms with E-state index < -0.39 is 0 Å². The monoisotopic (exact) mass is 333 g/mol. The third-order valence-electron chi connectivity index (χ3n) is 2.75. The number of aryl methyl sites for hydroxylation is 2. The molecule has 0 amide bonds. The highest BCUT2D eigenvalue weighted by Gasteiger charge is 2.16. The van der Waals surface area contributed by atoms with Gasteiger partial charge in [0.05, 0.1) is 3.57 Å². The van der Waals surface area contributed by atoms with Crippen LogP contribution in [-0.4, -0.2) is 19.2 Å². The van der Waals surface area contributed by atoms with E-state index in [9.17, 15) is 5.11 Å². The van der Waals surface area contributed by atoms with Crippen molar-refractivity contribution in [3.05, 3.63) is 26.3 Å². The predicted octanol–water partition coefficient (Wildman–Crippen LogP) is 3.02. The van der Waals surface area contributed by atoms with Crippen molar-refractivity contribution in [1.82, 2.24) is 5.32 Å². The molecule has 1 aromatic rings. The van der Waals surface area contributed by atoms with Gasteiger partial charge in [0.25, 0.3) is 0 Å². The molecule has 0 atom stereocenters. The van der Waals surface area contributed by atoms with Crippen molar-refractivity contribution in [2.45, 2.75) is 32.6 Å². The maximum absolute atomic E-state index is 9.75.